The Morgan fingerprint density at radius 2 is 1.30 bits per heavy atom. The molecule has 0 aliphatic carbocycles. The van der Waals surface area contributed by atoms with Crippen molar-refractivity contribution in [3.8, 4) is 0 Å². The second-order valence-corrected chi connectivity index (χ2v) is 4.05. The molecule has 0 amide bonds. The third-order valence-corrected chi connectivity index (χ3v) is 2.49. The van der Waals surface area contributed by atoms with Gasteiger partial charge < -0.3 is 27.0 Å². The van der Waals surface area contributed by atoms with E-state index in [2.05, 4.69) is 13.5 Å². The SMILES string of the molecule is C=CCOC(=O)CCCCCCCCC[CH2-].CO.CO.CO.[Ti]. The van der Waals surface area contributed by atoms with E-state index in [1.165, 1.54) is 32.1 Å². The van der Waals surface area contributed by atoms with Gasteiger partial charge in [0.25, 0.3) is 0 Å². The smallest absolute Gasteiger partial charge is 0.306 e. The van der Waals surface area contributed by atoms with E-state index < -0.39 is 0 Å². The molecule has 0 saturated carbocycles. The van der Waals surface area contributed by atoms with Gasteiger partial charge in [0.15, 0.2) is 0 Å². The Morgan fingerprint density at radius 1 is 0.913 bits per heavy atom. The number of rotatable bonds is 11. The van der Waals surface area contributed by atoms with Crippen molar-refractivity contribution in [2.24, 2.45) is 0 Å². The minimum atomic E-state index is -0.100. The number of aliphatic hydroxyl groups is 3. The Bertz CT molecular complexity index is 190. The minimum Gasteiger partial charge on any atom is -0.461 e. The normalized spacial score (nSPS) is 7.78. The van der Waals surface area contributed by atoms with Crippen LogP contribution in [0.1, 0.15) is 57.8 Å². The summed E-state index contributed by atoms with van der Waals surface area (Å²) in [6.07, 6.45) is 11.6. The van der Waals surface area contributed by atoms with Crippen LogP contribution in [-0.4, -0.2) is 49.2 Å². The Kier molecular flexibility index (Phi) is 64.0. The van der Waals surface area contributed by atoms with Crippen molar-refractivity contribution in [2.75, 3.05) is 27.9 Å². The van der Waals surface area contributed by atoms with Gasteiger partial charge in [0, 0.05) is 49.5 Å². The van der Waals surface area contributed by atoms with Crippen molar-refractivity contribution in [3.05, 3.63) is 19.6 Å². The molecule has 3 N–H and O–H groups in total. The van der Waals surface area contributed by atoms with Gasteiger partial charge >= 0.3 is 5.97 Å². The van der Waals surface area contributed by atoms with Crippen molar-refractivity contribution in [2.45, 2.75) is 57.8 Å². The summed E-state index contributed by atoms with van der Waals surface area (Å²) >= 11 is 0. The summed E-state index contributed by atoms with van der Waals surface area (Å²) in [5, 5.41) is 21.0. The van der Waals surface area contributed by atoms with E-state index in [9.17, 15) is 4.79 Å². The van der Waals surface area contributed by atoms with E-state index in [1.807, 2.05) is 0 Å². The van der Waals surface area contributed by atoms with Crippen LogP contribution in [0.15, 0.2) is 12.7 Å². The fourth-order valence-electron chi connectivity index (χ4n) is 1.55. The maximum atomic E-state index is 11.1. The molecule has 0 spiro atoms. The van der Waals surface area contributed by atoms with Gasteiger partial charge in [-0.05, 0) is 6.42 Å². The third kappa shape index (κ3) is 44.9. The summed E-state index contributed by atoms with van der Waals surface area (Å²) in [5.74, 6) is -0.100. The standard InChI is InChI=1S/C14H25O2.3CH4O.Ti/c1-3-5-6-7-8-9-10-11-12-14(15)16-13-4-2;3*1-2;/h4H,1-3,5-13H2;3*2H,1H3;/q-1;;;;. The molecule has 0 aliphatic rings. The Balaban J connectivity index is -0.000000137. The summed E-state index contributed by atoms with van der Waals surface area (Å²) in [5.41, 5.74) is 0. The largest absolute Gasteiger partial charge is 0.461 e. The molecule has 0 atom stereocenters. The quantitative estimate of drug-likeness (QED) is 0.171. The summed E-state index contributed by atoms with van der Waals surface area (Å²) in [6.45, 7) is 7.65. The molecule has 0 saturated heterocycles. The van der Waals surface area contributed by atoms with Crippen molar-refractivity contribution in [1.29, 1.82) is 0 Å². The van der Waals surface area contributed by atoms with Gasteiger partial charge in [-0.2, -0.15) is 6.42 Å². The van der Waals surface area contributed by atoms with E-state index >= 15 is 0 Å². The van der Waals surface area contributed by atoms with Crippen molar-refractivity contribution in [3.63, 3.8) is 0 Å². The number of carbonyl (C=O) groups excluding carboxylic acids is 1. The second-order valence-electron chi connectivity index (χ2n) is 4.05. The van der Waals surface area contributed by atoms with E-state index in [4.69, 9.17) is 20.1 Å². The first-order valence-corrected chi connectivity index (χ1v) is 7.71. The maximum Gasteiger partial charge on any atom is 0.306 e. The zero-order valence-corrected chi connectivity index (χ0v) is 16.8. The van der Waals surface area contributed by atoms with Gasteiger partial charge in [0.05, 0.1) is 0 Å². The maximum absolute atomic E-state index is 11.1. The van der Waals surface area contributed by atoms with E-state index in [0.29, 0.717) is 13.0 Å². The molecule has 23 heavy (non-hydrogen) atoms. The van der Waals surface area contributed by atoms with Crippen LogP contribution in [0.25, 0.3) is 0 Å². The van der Waals surface area contributed by atoms with Crippen LogP contribution in [0.2, 0.25) is 0 Å². The number of esters is 1. The van der Waals surface area contributed by atoms with E-state index in [-0.39, 0.29) is 27.7 Å². The predicted molar refractivity (Wildman–Crippen MR) is 92.5 cm³/mol. The summed E-state index contributed by atoms with van der Waals surface area (Å²) < 4.78 is 4.89. The molecule has 0 bridgehead atoms. The zero-order valence-electron chi connectivity index (χ0n) is 15.2. The molecule has 0 rings (SSSR count). The molecule has 0 aromatic heterocycles. The van der Waals surface area contributed by atoms with Gasteiger partial charge in [0.2, 0.25) is 0 Å². The average molecular weight is 369 g/mol. The first kappa shape index (κ1) is 34.2. The first-order chi connectivity index (χ1) is 10.8. The number of ether oxygens (including phenoxy) is 1. The van der Waals surface area contributed by atoms with Gasteiger partial charge in [-0.25, -0.2) is 0 Å². The molecule has 140 valence electrons. The Labute approximate surface area is 158 Å². The molecule has 0 aliphatic heterocycles. The number of unbranched alkanes of at least 4 members (excludes halogenated alkanes) is 7. The molecule has 5 nitrogen and oxygen atoms in total. The van der Waals surface area contributed by atoms with Gasteiger partial charge in [-0.3, -0.25) is 4.79 Å². The van der Waals surface area contributed by atoms with Gasteiger partial charge in [0.1, 0.15) is 6.61 Å². The van der Waals surface area contributed by atoms with Gasteiger partial charge in [-0.1, -0.05) is 51.2 Å². The molecular formula is C17H37O5Ti-. The Hall–Kier alpha value is -0.196. The van der Waals surface area contributed by atoms with Crippen LogP contribution >= 0.6 is 0 Å². The summed E-state index contributed by atoms with van der Waals surface area (Å²) in [7, 11) is 3.00. The molecule has 6 heteroatoms. The van der Waals surface area contributed by atoms with Crippen molar-refractivity contribution in [1.82, 2.24) is 0 Å². The minimum absolute atomic E-state index is 0. The summed E-state index contributed by atoms with van der Waals surface area (Å²) in [6, 6.07) is 0. The van der Waals surface area contributed by atoms with Crippen molar-refractivity contribution < 1.29 is 46.6 Å². The number of carbonyl (C=O) groups is 1. The monoisotopic (exact) mass is 369 g/mol. The fourth-order valence-corrected chi connectivity index (χ4v) is 1.55. The van der Waals surface area contributed by atoms with E-state index in [1.54, 1.807) is 6.08 Å². The van der Waals surface area contributed by atoms with Crippen LogP contribution in [0.4, 0.5) is 0 Å². The predicted octanol–water partition coefficient (Wildman–Crippen LogP) is 2.88. The molecular weight excluding hydrogens is 332 g/mol. The second kappa shape index (κ2) is 43.1. The van der Waals surface area contributed by atoms with Crippen LogP contribution in [0.5, 0.6) is 0 Å². The molecule has 0 aromatic carbocycles. The fraction of sp³-hybridized carbons (Fsp3) is 0.765. The van der Waals surface area contributed by atoms with Crippen molar-refractivity contribution >= 4 is 5.97 Å². The van der Waals surface area contributed by atoms with Crippen LogP contribution in [-0.2, 0) is 31.2 Å². The number of hydrogen-bond donors (Lipinski definition) is 3. The van der Waals surface area contributed by atoms with Crippen LogP contribution in [0.3, 0.4) is 0 Å². The van der Waals surface area contributed by atoms with E-state index in [0.717, 1.165) is 40.6 Å². The zero-order chi connectivity index (χ0) is 18.1. The summed E-state index contributed by atoms with van der Waals surface area (Å²) in [4.78, 5) is 11.1. The number of aliphatic hydroxyl groups excluding tert-OH is 3. The molecule has 0 fully saturated rings. The number of hydrogen-bond acceptors (Lipinski definition) is 5. The van der Waals surface area contributed by atoms with Crippen LogP contribution in [0, 0.1) is 6.92 Å². The topological polar surface area (TPSA) is 87.0 Å². The van der Waals surface area contributed by atoms with Crippen LogP contribution < -0.4 is 0 Å². The Morgan fingerprint density at radius 3 is 1.70 bits per heavy atom. The molecule has 0 unspecified atom stereocenters. The first-order valence-electron chi connectivity index (χ1n) is 7.71. The molecule has 0 radical (unpaired) electrons. The average Bonchev–Trinajstić information content (AvgIpc) is 2.60. The molecule has 0 heterocycles. The van der Waals surface area contributed by atoms with Gasteiger partial charge in [-0.15, -0.1) is 0 Å². The molecule has 0 aromatic rings. The third-order valence-electron chi connectivity index (χ3n) is 2.49.